The maximum Gasteiger partial charge on any atom is 0.419 e. The van der Waals surface area contributed by atoms with Crippen molar-refractivity contribution in [2.75, 3.05) is 5.32 Å². The summed E-state index contributed by atoms with van der Waals surface area (Å²) in [6, 6.07) is 5.56. The lowest BCUT2D eigenvalue weighted by molar-refractivity contribution is -0.139. The molecule has 0 aliphatic heterocycles. The summed E-state index contributed by atoms with van der Waals surface area (Å²) < 4.78 is 64.5. The van der Waals surface area contributed by atoms with E-state index >= 15 is 0 Å². The number of benzene rings is 2. The first-order valence-corrected chi connectivity index (χ1v) is 6.89. The van der Waals surface area contributed by atoms with Gasteiger partial charge >= 0.3 is 6.18 Å². The Morgan fingerprint density at radius 1 is 1.05 bits per heavy atom. The van der Waals surface area contributed by atoms with E-state index in [1.165, 1.54) is 6.07 Å². The van der Waals surface area contributed by atoms with Crippen molar-refractivity contribution in [3.05, 3.63) is 62.7 Å². The zero-order valence-electron chi connectivity index (χ0n) is 10.6. The monoisotopic (exact) mass is 427 g/mol. The normalized spacial score (nSPS) is 11.4. The van der Waals surface area contributed by atoms with Crippen LogP contribution in [0.1, 0.15) is 15.9 Å². The molecule has 0 saturated carbocycles. The van der Waals surface area contributed by atoms with Crippen molar-refractivity contribution in [2.24, 2.45) is 0 Å². The Morgan fingerprint density at radius 2 is 1.73 bits per heavy atom. The predicted molar refractivity (Wildman–Crippen MR) is 78.5 cm³/mol. The molecule has 2 nitrogen and oxygen atoms in total. The number of alkyl halides is 3. The van der Waals surface area contributed by atoms with Gasteiger partial charge in [-0.15, -0.1) is 0 Å². The Balaban J connectivity index is 2.31. The van der Waals surface area contributed by atoms with Gasteiger partial charge < -0.3 is 5.32 Å². The van der Waals surface area contributed by atoms with Crippen molar-refractivity contribution in [1.29, 1.82) is 0 Å². The van der Waals surface area contributed by atoms with E-state index in [0.717, 1.165) is 18.2 Å². The van der Waals surface area contributed by atoms with Crippen LogP contribution >= 0.6 is 22.6 Å². The van der Waals surface area contributed by atoms with Crippen LogP contribution in [0, 0.1) is 15.2 Å². The highest BCUT2D eigenvalue weighted by atomic mass is 127. The summed E-state index contributed by atoms with van der Waals surface area (Å²) in [7, 11) is 0. The highest BCUT2D eigenvalue weighted by molar-refractivity contribution is 14.1. The SMILES string of the molecule is O=C(Nc1ccc(F)c(C(F)(F)F)c1)c1cc(F)ccc1I. The summed E-state index contributed by atoms with van der Waals surface area (Å²) in [6.45, 7) is 0. The fourth-order valence-corrected chi connectivity index (χ4v) is 2.27. The van der Waals surface area contributed by atoms with Gasteiger partial charge in [0.05, 0.1) is 11.1 Å². The van der Waals surface area contributed by atoms with Crippen molar-refractivity contribution in [2.45, 2.75) is 6.18 Å². The number of hydrogen-bond acceptors (Lipinski definition) is 1. The molecule has 0 spiro atoms. The number of rotatable bonds is 2. The molecular formula is C14H7F5INO. The summed E-state index contributed by atoms with van der Waals surface area (Å²) in [5, 5.41) is 2.19. The van der Waals surface area contributed by atoms with Gasteiger partial charge in [-0.3, -0.25) is 4.79 Å². The van der Waals surface area contributed by atoms with Crippen LogP contribution < -0.4 is 5.32 Å². The molecule has 0 radical (unpaired) electrons. The van der Waals surface area contributed by atoms with Crippen LogP contribution in [0.5, 0.6) is 0 Å². The molecule has 1 amide bonds. The van der Waals surface area contributed by atoms with Gasteiger partial charge in [-0.05, 0) is 59.0 Å². The average molecular weight is 427 g/mol. The number of carbonyl (C=O) groups excluding carboxylic acids is 1. The van der Waals surface area contributed by atoms with Crippen molar-refractivity contribution < 1.29 is 26.7 Å². The molecule has 2 aromatic carbocycles. The number of carbonyl (C=O) groups is 1. The molecule has 22 heavy (non-hydrogen) atoms. The van der Waals surface area contributed by atoms with Gasteiger partial charge in [-0.2, -0.15) is 13.2 Å². The van der Waals surface area contributed by atoms with E-state index in [0.29, 0.717) is 15.7 Å². The topological polar surface area (TPSA) is 29.1 Å². The Labute approximate surface area is 135 Å². The van der Waals surface area contributed by atoms with Gasteiger partial charge in [0.1, 0.15) is 11.6 Å². The van der Waals surface area contributed by atoms with E-state index in [9.17, 15) is 26.7 Å². The zero-order chi connectivity index (χ0) is 16.5. The number of nitrogens with one attached hydrogen (secondary N) is 1. The Hall–Kier alpha value is -1.71. The van der Waals surface area contributed by atoms with Crippen LogP contribution in [0.4, 0.5) is 27.6 Å². The molecule has 0 saturated heterocycles. The molecule has 0 heterocycles. The van der Waals surface area contributed by atoms with Crippen molar-refractivity contribution in [1.82, 2.24) is 0 Å². The lowest BCUT2D eigenvalue weighted by Crippen LogP contribution is -2.15. The highest BCUT2D eigenvalue weighted by Crippen LogP contribution is 2.33. The van der Waals surface area contributed by atoms with E-state index < -0.39 is 29.3 Å². The van der Waals surface area contributed by atoms with Gasteiger partial charge in [0.15, 0.2) is 0 Å². The van der Waals surface area contributed by atoms with E-state index in [-0.39, 0.29) is 11.3 Å². The minimum atomic E-state index is -4.88. The molecule has 0 fully saturated rings. The van der Waals surface area contributed by atoms with E-state index in [2.05, 4.69) is 5.32 Å². The number of amides is 1. The lowest BCUT2D eigenvalue weighted by Gasteiger charge is -2.11. The van der Waals surface area contributed by atoms with Gasteiger partial charge in [-0.25, -0.2) is 8.78 Å². The van der Waals surface area contributed by atoms with Crippen LogP contribution in [-0.4, -0.2) is 5.91 Å². The second kappa shape index (κ2) is 6.19. The molecule has 2 rings (SSSR count). The van der Waals surface area contributed by atoms with Crippen LogP contribution in [0.2, 0.25) is 0 Å². The van der Waals surface area contributed by atoms with Crippen LogP contribution in [0.3, 0.4) is 0 Å². The molecule has 2 aromatic rings. The van der Waals surface area contributed by atoms with E-state index in [4.69, 9.17) is 0 Å². The van der Waals surface area contributed by atoms with Gasteiger partial charge in [0.25, 0.3) is 5.91 Å². The second-order valence-corrected chi connectivity index (χ2v) is 5.43. The molecule has 0 aromatic heterocycles. The fourth-order valence-electron chi connectivity index (χ4n) is 1.69. The van der Waals surface area contributed by atoms with Crippen LogP contribution in [-0.2, 0) is 6.18 Å². The average Bonchev–Trinajstić information content (AvgIpc) is 2.42. The quantitative estimate of drug-likeness (QED) is 0.540. The largest absolute Gasteiger partial charge is 0.419 e. The number of anilines is 1. The molecule has 0 atom stereocenters. The predicted octanol–water partition coefficient (Wildman–Crippen LogP) is 4.84. The molecule has 0 unspecified atom stereocenters. The highest BCUT2D eigenvalue weighted by Gasteiger charge is 2.34. The molecule has 8 heteroatoms. The number of halogens is 6. The first kappa shape index (κ1) is 16.7. The lowest BCUT2D eigenvalue weighted by atomic mass is 10.1. The van der Waals surface area contributed by atoms with Crippen molar-refractivity contribution in [3.8, 4) is 0 Å². The standard InChI is InChI=1S/C14H7F5INO/c15-7-1-4-12(20)9(5-7)13(22)21-8-2-3-11(16)10(6-8)14(17,18)19/h1-6H,(H,21,22). The summed E-state index contributed by atoms with van der Waals surface area (Å²) in [5.41, 5.74) is -1.75. The van der Waals surface area contributed by atoms with Gasteiger partial charge in [-0.1, -0.05) is 0 Å². The van der Waals surface area contributed by atoms with Crippen LogP contribution in [0.15, 0.2) is 36.4 Å². The van der Waals surface area contributed by atoms with Crippen molar-refractivity contribution >= 4 is 34.2 Å². The Morgan fingerprint density at radius 3 is 2.36 bits per heavy atom. The van der Waals surface area contributed by atoms with Gasteiger partial charge in [0, 0.05) is 9.26 Å². The van der Waals surface area contributed by atoms with E-state index in [1.807, 2.05) is 0 Å². The first-order chi connectivity index (χ1) is 10.2. The smallest absolute Gasteiger partial charge is 0.322 e. The zero-order valence-corrected chi connectivity index (χ0v) is 12.8. The minimum absolute atomic E-state index is 0.0292. The minimum Gasteiger partial charge on any atom is -0.322 e. The molecule has 0 aliphatic carbocycles. The van der Waals surface area contributed by atoms with Crippen molar-refractivity contribution in [3.63, 3.8) is 0 Å². The Bertz CT molecular complexity index is 730. The maximum absolute atomic E-state index is 13.2. The third kappa shape index (κ3) is 3.73. The summed E-state index contributed by atoms with van der Waals surface area (Å²) in [4.78, 5) is 12.0. The summed E-state index contributed by atoms with van der Waals surface area (Å²) in [6.07, 6.45) is -4.88. The molecule has 116 valence electrons. The van der Waals surface area contributed by atoms with Crippen LogP contribution in [0.25, 0.3) is 0 Å². The maximum atomic E-state index is 13.2. The molecule has 0 aliphatic rings. The molecule has 0 bridgehead atoms. The molecular weight excluding hydrogens is 420 g/mol. The number of hydrogen-bond donors (Lipinski definition) is 1. The Kier molecular flexibility index (Phi) is 4.69. The third-order valence-electron chi connectivity index (χ3n) is 2.70. The summed E-state index contributed by atoms with van der Waals surface area (Å²) in [5.74, 6) is -2.88. The first-order valence-electron chi connectivity index (χ1n) is 5.81. The van der Waals surface area contributed by atoms with Gasteiger partial charge in [0.2, 0.25) is 0 Å². The second-order valence-electron chi connectivity index (χ2n) is 4.27. The summed E-state index contributed by atoms with van der Waals surface area (Å²) >= 11 is 1.79. The third-order valence-corrected chi connectivity index (χ3v) is 3.64. The van der Waals surface area contributed by atoms with E-state index in [1.54, 1.807) is 22.6 Å². The fraction of sp³-hybridized carbons (Fsp3) is 0.0714. The molecule has 1 N–H and O–H groups in total.